The molecule has 1 saturated heterocycles. The van der Waals surface area contributed by atoms with Crippen molar-refractivity contribution in [2.45, 2.75) is 45.1 Å². The third kappa shape index (κ3) is 2.61. The molecular formula is C13H21N3O. The molecule has 2 fully saturated rings. The molecule has 1 heterocycles. The number of carbonyl (C=O) groups excluding carboxylic acids is 1. The maximum atomic E-state index is 12.3. The van der Waals surface area contributed by atoms with E-state index < -0.39 is 0 Å². The first kappa shape index (κ1) is 12.4. The molecule has 1 aliphatic heterocycles. The van der Waals surface area contributed by atoms with Crippen LogP contribution in [-0.2, 0) is 4.79 Å². The average Bonchev–Trinajstić information content (AvgIpc) is 2.77. The lowest BCUT2D eigenvalue weighted by molar-refractivity contribution is -0.132. The lowest BCUT2D eigenvalue weighted by Crippen LogP contribution is -2.49. The summed E-state index contributed by atoms with van der Waals surface area (Å²) >= 11 is 0. The van der Waals surface area contributed by atoms with E-state index in [1.807, 2.05) is 6.92 Å². The van der Waals surface area contributed by atoms with Gasteiger partial charge < -0.3 is 10.6 Å². The molecule has 0 radical (unpaired) electrons. The minimum atomic E-state index is -0.242. The van der Waals surface area contributed by atoms with Crippen LogP contribution < -0.4 is 10.6 Å². The van der Waals surface area contributed by atoms with Crippen molar-refractivity contribution >= 4 is 5.91 Å². The molecule has 2 aliphatic rings. The van der Waals surface area contributed by atoms with Gasteiger partial charge in [0.1, 0.15) is 0 Å². The minimum absolute atomic E-state index is 0.0178. The lowest BCUT2D eigenvalue weighted by Gasteiger charge is -2.34. The molecule has 2 unspecified atom stereocenters. The first-order valence-corrected chi connectivity index (χ1v) is 6.57. The van der Waals surface area contributed by atoms with Crippen molar-refractivity contribution in [2.24, 2.45) is 11.3 Å². The number of rotatable bonds is 2. The predicted octanol–water partition coefficient (Wildman–Crippen LogP) is 1.18. The number of hydrogen-bond donors (Lipinski definition) is 2. The molecule has 0 aromatic carbocycles. The zero-order valence-corrected chi connectivity index (χ0v) is 10.5. The Morgan fingerprint density at radius 2 is 2.12 bits per heavy atom. The Kier molecular flexibility index (Phi) is 3.68. The van der Waals surface area contributed by atoms with Gasteiger partial charge in [-0.15, -0.1) is 0 Å². The topological polar surface area (TPSA) is 64.9 Å². The van der Waals surface area contributed by atoms with Gasteiger partial charge in [0.2, 0.25) is 5.91 Å². The van der Waals surface area contributed by atoms with Crippen LogP contribution in [0.3, 0.4) is 0 Å². The first-order valence-electron chi connectivity index (χ1n) is 6.57. The van der Waals surface area contributed by atoms with Gasteiger partial charge in [-0.25, -0.2) is 0 Å². The van der Waals surface area contributed by atoms with Crippen molar-refractivity contribution in [2.75, 3.05) is 13.1 Å². The summed E-state index contributed by atoms with van der Waals surface area (Å²) in [5.41, 5.74) is -0.242. The second kappa shape index (κ2) is 5.05. The highest BCUT2D eigenvalue weighted by Gasteiger charge is 2.37. The highest BCUT2D eigenvalue weighted by Crippen LogP contribution is 2.30. The molecule has 1 saturated carbocycles. The molecule has 0 bridgehead atoms. The Morgan fingerprint density at radius 1 is 1.41 bits per heavy atom. The number of carbonyl (C=O) groups is 1. The fraction of sp³-hybridized carbons (Fsp3) is 0.846. The van der Waals surface area contributed by atoms with Gasteiger partial charge in [0.15, 0.2) is 0 Å². The highest BCUT2D eigenvalue weighted by molar-refractivity contribution is 5.82. The molecule has 4 heteroatoms. The van der Waals surface area contributed by atoms with Crippen molar-refractivity contribution < 1.29 is 4.79 Å². The third-order valence-electron chi connectivity index (χ3n) is 4.25. The van der Waals surface area contributed by atoms with Crippen LogP contribution in [0.5, 0.6) is 0 Å². The molecule has 0 aromatic rings. The molecule has 0 aromatic heterocycles. The van der Waals surface area contributed by atoms with Gasteiger partial charge >= 0.3 is 0 Å². The van der Waals surface area contributed by atoms with Gasteiger partial charge in [-0.1, -0.05) is 6.92 Å². The van der Waals surface area contributed by atoms with E-state index in [0.717, 1.165) is 45.2 Å². The molecule has 2 N–H and O–H groups in total. The van der Waals surface area contributed by atoms with Crippen LogP contribution in [-0.4, -0.2) is 25.0 Å². The number of nitrogens with zero attached hydrogens (tertiary/aromatic N) is 1. The molecule has 4 nitrogen and oxygen atoms in total. The smallest absolute Gasteiger partial charge is 0.226 e. The molecule has 1 amide bonds. The van der Waals surface area contributed by atoms with E-state index in [4.69, 9.17) is 5.26 Å². The molecule has 1 aliphatic carbocycles. The second-order valence-electron chi connectivity index (χ2n) is 5.56. The fourth-order valence-corrected chi connectivity index (χ4v) is 2.84. The van der Waals surface area contributed by atoms with Gasteiger partial charge in [-0.3, -0.25) is 4.79 Å². The maximum absolute atomic E-state index is 12.3. The summed E-state index contributed by atoms with van der Waals surface area (Å²) in [4.78, 5) is 12.3. The summed E-state index contributed by atoms with van der Waals surface area (Å²) in [6.45, 7) is 3.87. The third-order valence-corrected chi connectivity index (χ3v) is 4.25. The Morgan fingerprint density at radius 3 is 2.76 bits per heavy atom. The largest absolute Gasteiger partial charge is 0.352 e. The quantitative estimate of drug-likeness (QED) is 0.755. The van der Waals surface area contributed by atoms with E-state index in [0.29, 0.717) is 0 Å². The van der Waals surface area contributed by atoms with Gasteiger partial charge in [0, 0.05) is 11.5 Å². The number of nitriles is 1. The highest BCUT2D eigenvalue weighted by atomic mass is 16.2. The molecule has 2 rings (SSSR count). The average molecular weight is 235 g/mol. The van der Waals surface area contributed by atoms with E-state index in [2.05, 4.69) is 16.7 Å². The lowest BCUT2D eigenvalue weighted by atomic mass is 9.80. The Hall–Kier alpha value is -1.08. The Labute approximate surface area is 103 Å². The summed E-state index contributed by atoms with van der Waals surface area (Å²) in [5.74, 6) is 0.162. The molecule has 2 atom stereocenters. The second-order valence-corrected chi connectivity index (χ2v) is 5.56. The van der Waals surface area contributed by atoms with Crippen molar-refractivity contribution in [3.05, 3.63) is 0 Å². The molecular weight excluding hydrogens is 214 g/mol. The zero-order chi connectivity index (χ0) is 12.3. The normalized spacial score (nSPS) is 31.8. The van der Waals surface area contributed by atoms with Gasteiger partial charge in [-0.05, 0) is 45.2 Å². The zero-order valence-electron chi connectivity index (χ0n) is 10.5. The summed E-state index contributed by atoms with van der Waals surface area (Å²) in [6.07, 6.45) is 4.73. The van der Waals surface area contributed by atoms with Crippen LogP contribution in [0.1, 0.15) is 39.0 Å². The number of hydrogen-bond acceptors (Lipinski definition) is 3. The van der Waals surface area contributed by atoms with Gasteiger partial charge in [0.25, 0.3) is 0 Å². The molecule has 17 heavy (non-hydrogen) atoms. The number of piperidine rings is 1. The molecule has 0 spiro atoms. The van der Waals surface area contributed by atoms with Crippen molar-refractivity contribution in [3.8, 4) is 6.07 Å². The van der Waals surface area contributed by atoms with Crippen LogP contribution in [0.4, 0.5) is 0 Å². The van der Waals surface area contributed by atoms with Crippen molar-refractivity contribution in [3.63, 3.8) is 0 Å². The van der Waals surface area contributed by atoms with Crippen LogP contribution in [0, 0.1) is 22.7 Å². The van der Waals surface area contributed by atoms with Crippen LogP contribution in [0.25, 0.3) is 0 Å². The van der Waals surface area contributed by atoms with Crippen molar-refractivity contribution in [1.82, 2.24) is 10.6 Å². The van der Waals surface area contributed by atoms with E-state index in [9.17, 15) is 4.79 Å². The maximum Gasteiger partial charge on any atom is 0.226 e. The van der Waals surface area contributed by atoms with Crippen LogP contribution >= 0.6 is 0 Å². The summed E-state index contributed by atoms with van der Waals surface area (Å²) < 4.78 is 0. The number of nitrogens with one attached hydrogen (secondary N) is 2. The minimum Gasteiger partial charge on any atom is -0.352 e. The number of amides is 1. The van der Waals surface area contributed by atoms with E-state index in [-0.39, 0.29) is 23.3 Å². The SMILES string of the molecule is CC1(C(=O)NC2CCCC2C#N)CCNCC1. The first-order chi connectivity index (χ1) is 8.15. The Balaban J connectivity index is 1.94. The monoisotopic (exact) mass is 235 g/mol. The van der Waals surface area contributed by atoms with Crippen LogP contribution in [0.15, 0.2) is 0 Å². The van der Waals surface area contributed by atoms with Crippen molar-refractivity contribution in [1.29, 1.82) is 5.26 Å². The van der Waals surface area contributed by atoms with Gasteiger partial charge in [0.05, 0.1) is 12.0 Å². The summed E-state index contributed by atoms with van der Waals surface area (Å²) in [5, 5.41) is 15.4. The van der Waals surface area contributed by atoms with E-state index >= 15 is 0 Å². The van der Waals surface area contributed by atoms with E-state index in [1.165, 1.54) is 0 Å². The Bertz CT molecular complexity index is 328. The summed E-state index contributed by atoms with van der Waals surface area (Å²) in [6, 6.07) is 2.39. The summed E-state index contributed by atoms with van der Waals surface area (Å²) in [7, 11) is 0. The standard InChI is InChI=1S/C13H21N3O/c1-13(5-7-15-8-6-13)12(17)16-11-4-2-3-10(11)9-14/h10-11,15H,2-8H2,1H3,(H,16,17). The van der Waals surface area contributed by atoms with E-state index in [1.54, 1.807) is 0 Å². The fourth-order valence-electron chi connectivity index (χ4n) is 2.84. The van der Waals surface area contributed by atoms with Gasteiger partial charge in [-0.2, -0.15) is 5.26 Å². The molecule has 94 valence electrons. The predicted molar refractivity (Wildman–Crippen MR) is 65.1 cm³/mol. The van der Waals surface area contributed by atoms with Crippen LogP contribution in [0.2, 0.25) is 0 Å².